The number of ether oxygens (including phenoxy) is 1. The van der Waals surface area contributed by atoms with Crippen molar-refractivity contribution in [1.29, 1.82) is 0 Å². The summed E-state index contributed by atoms with van der Waals surface area (Å²) < 4.78 is 5.43. The number of fused-ring (bicyclic) bond motifs is 1. The number of nitrogens with one attached hydrogen (secondary N) is 2. The molecule has 9 heteroatoms. The highest BCUT2D eigenvalue weighted by Crippen LogP contribution is 2.37. The van der Waals surface area contributed by atoms with E-state index in [4.69, 9.17) is 10.5 Å². The molecule has 25 heavy (non-hydrogen) atoms. The molecule has 4 N–H and O–H groups in total. The number of halogens is 2. The second-order valence-electron chi connectivity index (χ2n) is 5.72. The lowest BCUT2D eigenvalue weighted by Crippen LogP contribution is -2.38. The monoisotopic (exact) mass is 384 g/mol. The third-order valence-corrected chi connectivity index (χ3v) is 4.21. The average Bonchev–Trinajstić information content (AvgIpc) is 2.62. The standard InChI is InChI=1S/C16H20N6O.2ClH/c17-16-20-14-13(15(21-16)22-6-8-23-9-7-22)19-12(10-18-14)11-4-2-1-3-5-11;;/h1-5,12,19H,6-10H2,(H3,17,18,20,21);2*1H. The number of benzene rings is 1. The van der Waals surface area contributed by atoms with Gasteiger partial charge in [0.05, 0.1) is 19.3 Å². The van der Waals surface area contributed by atoms with Crippen molar-refractivity contribution < 1.29 is 4.74 Å². The van der Waals surface area contributed by atoms with Gasteiger partial charge in [-0.3, -0.25) is 0 Å². The summed E-state index contributed by atoms with van der Waals surface area (Å²) >= 11 is 0. The average molecular weight is 385 g/mol. The van der Waals surface area contributed by atoms with Gasteiger partial charge < -0.3 is 26.0 Å². The second-order valence-corrected chi connectivity index (χ2v) is 5.72. The molecule has 3 heterocycles. The number of nitrogen functional groups attached to an aromatic ring is 1. The van der Waals surface area contributed by atoms with E-state index in [0.717, 1.165) is 37.0 Å². The number of anilines is 4. The topological polar surface area (TPSA) is 88.3 Å². The zero-order valence-corrected chi connectivity index (χ0v) is 15.3. The van der Waals surface area contributed by atoms with Crippen LogP contribution in [0.5, 0.6) is 0 Å². The number of aromatic nitrogens is 2. The number of hydrogen-bond donors (Lipinski definition) is 3. The van der Waals surface area contributed by atoms with Crippen LogP contribution in [0.25, 0.3) is 0 Å². The summed E-state index contributed by atoms with van der Waals surface area (Å²) in [5.74, 6) is 1.91. The van der Waals surface area contributed by atoms with E-state index in [1.807, 2.05) is 6.07 Å². The largest absolute Gasteiger partial charge is 0.378 e. The molecule has 0 radical (unpaired) electrons. The number of nitrogens with two attached hydrogens (primary N) is 1. The van der Waals surface area contributed by atoms with E-state index in [1.54, 1.807) is 0 Å². The Bertz CT molecular complexity index is 697. The molecule has 1 fully saturated rings. The summed E-state index contributed by atoms with van der Waals surface area (Å²) in [5.41, 5.74) is 8.04. The Kier molecular flexibility index (Phi) is 6.52. The lowest BCUT2D eigenvalue weighted by molar-refractivity contribution is 0.122. The highest BCUT2D eigenvalue weighted by atomic mass is 35.5. The van der Waals surface area contributed by atoms with E-state index >= 15 is 0 Å². The van der Waals surface area contributed by atoms with Crippen molar-refractivity contribution >= 4 is 48.1 Å². The van der Waals surface area contributed by atoms with Gasteiger partial charge >= 0.3 is 0 Å². The summed E-state index contributed by atoms with van der Waals surface area (Å²) in [6.07, 6.45) is 0. The minimum atomic E-state index is 0. The Morgan fingerprint density at radius 3 is 2.52 bits per heavy atom. The van der Waals surface area contributed by atoms with Crippen LogP contribution in [0.3, 0.4) is 0 Å². The van der Waals surface area contributed by atoms with E-state index in [9.17, 15) is 0 Å². The van der Waals surface area contributed by atoms with E-state index in [1.165, 1.54) is 5.56 Å². The maximum absolute atomic E-state index is 5.89. The molecule has 0 bridgehead atoms. The van der Waals surface area contributed by atoms with Crippen molar-refractivity contribution in [2.24, 2.45) is 0 Å². The van der Waals surface area contributed by atoms with Gasteiger partial charge in [0.1, 0.15) is 5.69 Å². The molecule has 0 spiro atoms. The fraction of sp³-hybridized carbons (Fsp3) is 0.375. The van der Waals surface area contributed by atoms with Crippen LogP contribution in [-0.4, -0.2) is 42.8 Å². The fourth-order valence-corrected chi connectivity index (χ4v) is 3.04. The first-order chi connectivity index (χ1) is 11.3. The molecule has 0 amide bonds. The van der Waals surface area contributed by atoms with Crippen molar-refractivity contribution in [3.05, 3.63) is 35.9 Å². The Hall–Kier alpha value is -1.96. The van der Waals surface area contributed by atoms with Gasteiger partial charge in [0.25, 0.3) is 0 Å². The quantitative estimate of drug-likeness (QED) is 0.731. The summed E-state index contributed by atoms with van der Waals surface area (Å²) in [6.45, 7) is 3.78. The van der Waals surface area contributed by atoms with Crippen molar-refractivity contribution in [2.75, 3.05) is 54.1 Å². The van der Waals surface area contributed by atoms with Gasteiger partial charge in [-0.2, -0.15) is 9.97 Å². The first-order valence-corrected chi connectivity index (χ1v) is 7.87. The molecule has 0 saturated carbocycles. The minimum Gasteiger partial charge on any atom is -0.378 e. The Labute approximate surface area is 159 Å². The van der Waals surface area contributed by atoms with Crippen LogP contribution in [-0.2, 0) is 4.74 Å². The summed E-state index contributed by atoms with van der Waals surface area (Å²) in [7, 11) is 0. The van der Waals surface area contributed by atoms with Crippen LogP contribution in [0.15, 0.2) is 30.3 Å². The number of hydrogen-bond acceptors (Lipinski definition) is 7. The first kappa shape index (κ1) is 19.4. The molecule has 2 aromatic rings. The van der Waals surface area contributed by atoms with Crippen molar-refractivity contribution in [1.82, 2.24) is 9.97 Å². The molecule has 136 valence electrons. The lowest BCUT2D eigenvalue weighted by Gasteiger charge is -2.34. The normalized spacial score (nSPS) is 18.7. The maximum atomic E-state index is 5.89. The zero-order valence-electron chi connectivity index (χ0n) is 13.6. The molecule has 2 aliphatic heterocycles. The number of nitrogens with zero attached hydrogens (tertiary/aromatic N) is 3. The fourth-order valence-electron chi connectivity index (χ4n) is 3.04. The summed E-state index contributed by atoms with van der Waals surface area (Å²) in [5, 5.41) is 6.96. The third-order valence-electron chi connectivity index (χ3n) is 4.21. The predicted molar refractivity (Wildman–Crippen MR) is 105 cm³/mol. The third kappa shape index (κ3) is 4.00. The van der Waals surface area contributed by atoms with Crippen LogP contribution >= 0.6 is 24.8 Å². The summed E-state index contributed by atoms with van der Waals surface area (Å²) in [6, 6.07) is 10.5. The van der Waals surface area contributed by atoms with Crippen molar-refractivity contribution in [3.63, 3.8) is 0 Å². The highest BCUT2D eigenvalue weighted by Gasteiger charge is 2.27. The highest BCUT2D eigenvalue weighted by molar-refractivity contribution is 5.85. The zero-order chi connectivity index (χ0) is 15.6. The molecule has 1 aromatic heterocycles. The van der Waals surface area contributed by atoms with Gasteiger partial charge in [-0.1, -0.05) is 30.3 Å². The molecule has 4 rings (SSSR count). The maximum Gasteiger partial charge on any atom is 0.224 e. The van der Waals surface area contributed by atoms with Gasteiger partial charge in [0.15, 0.2) is 11.6 Å². The molecule has 1 aromatic carbocycles. The Morgan fingerprint density at radius 2 is 1.80 bits per heavy atom. The van der Waals surface area contributed by atoms with Crippen LogP contribution in [0.2, 0.25) is 0 Å². The van der Waals surface area contributed by atoms with E-state index in [-0.39, 0.29) is 36.8 Å². The van der Waals surface area contributed by atoms with Gasteiger partial charge in [-0.05, 0) is 5.56 Å². The molecule has 1 unspecified atom stereocenters. The molecule has 1 atom stereocenters. The van der Waals surface area contributed by atoms with E-state index in [0.29, 0.717) is 13.2 Å². The van der Waals surface area contributed by atoms with Gasteiger partial charge in [-0.25, -0.2) is 0 Å². The van der Waals surface area contributed by atoms with Crippen LogP contribution < -0.4 is 21.3 Å². The van der Waals surface area contributed by atoms with Crippen molar-refractivity contribution in [3.8, 4) is 0 Å². The molecule has 2 aliphatic rings. The van der Waals surface area contributed by atoms with Crippen molar-refractivity contribution in [2.45, 2.75) is 6.04 Å². The summed E-state index contributed by atoms with van der Waals surface area (Å²) in [4.78, 5) is 11.0. The van der Waals surface area contributed by atoms with Gasteiger partial charge in [-0.15, -0.1) is 24.8 Å². The Balaban J connectivity index is 0.00000113. The van der Waals surface area contributed by atoms with Crippen LogP contribution in [0.1, 0.15) is 11.6 Å². The van der Waals surface area contributed by atoms with E-state index < -0.39 is 0 Å². The van der Waals surface area contributed by atoms with Crippen LogP contribution in [0.4, 0.5) is 23.3 Å². The predicted octanol–water partition coefficient (Wildman–Crippen LogP) is 2.32. The SMILES string of the molecule is Cl.Cl.Nc1nc2c(c(N3CCOCC3)n1)NC(c1ccccc1)CN2. The lowest BCUT2D eigenvalue weighted by atomic mass is 10.0. The number of rotatable bonds is 2. The molecular formula is C16H22Cl2N6O. The first-order valence-electron chi connectivity index (χ1n) is 7.87. The van der Waals surface area contributed by atoms with E-state index in [2.05, 4.69) is 49.8 Å². The number of morpholine rings is 1. The van der Waals surface area contributed by atoms with Gasteiger partial charge in [0, 0.05) is 19.6 Å². The molecule has 0 aliphatic carbocycles. The molecule has 7 nitrogen and oxygen atoms in total. The molecule has 1 saturated heterocycles. The molecular weight excluding hydrogens is 363 g/mol. The van der Waals surface area contributed by atoms with Crippen LogP contribution in [0, 0.1) is 0 Å². The smallest absolute Gasteiger partial charge is 0.224 e. The Morgan fingerprint density at radius 1 is 1.08 bits per heavy atom. The van der Waals surface area contributed by atoms with Gasteiger partial charge in [0.2, 0.25) is 5.95 Å². The minimum absolute atomic E-state index is 0. The second kappa shape index (κ2) is 8.42.